The minimum atomic E-state index is -0.503. The molecule has 270 valence electrons. The standard InChI is InChI=1S/C55H34N2S/c1-6-23-45-39(16-1)44-22-15-21-38(54(44)55(45)46-24-7-13-30-52(46)58-53-31-14-8-25-47(53)55)35-32-36(56-48-26-9-2-17-40(48)41-18-3-10-27-49(41)56)34-37(33-35)57-50-28-11-4-19-42(50)43-20-5-12-29-51(43)57/h1-34H. The Bertz CT molecular complexity index is 3230. The van der Waals surface area contributed by atoms with Gasteiger partial charge in [-0.25, -0.2) is 0 Å². The van der Waals surface area contributed by atoms with Crippen LogP contribution in [-0.4, -0.2) is 9.13 Å². The molecule has 0 saturated heterocycles. The molecule has 0 bridgehead atoms. The highest BCUT2D eigenvalue weighted by Crippen LogP contribution is 2.64. The average molecular weight is 755 g/mol. The Hall–Kier alpha value is -7.07. The summed E-state index contributed by atoms with van der Waals surface area (Å²) >= 11 is 1.89. The van der Waals surface area contributed by atoms with Crippen molar-refractivity contribution in [3.63, 3.8) is 0 Å². The number of aromatic nitrogens is 2. The van der Waals surface area contributed by atoms with Gasteiger partial charge in [-0.3, -0.25) is 0 Å². The molecule has 58 heavy (non-hydrogen) atoms. The van der Waals surface area contributed by atoms with Gasteiger partial charge in [-0.1, -0.05) is 163 Å². The Morgan fingerprint density at radius 1 is 0.328 bits per heavy atom. The topological polar surface area (TPSA) is 9.86 Å². The number of hydrogen-bond acceptors (Lipinski definition) is 1. The smallest absolute Gasteiger partial charge is 0.0741 e. The molecule has 3 heterocycles. The maximum absolute atomic E-state index is 2.47. The first-order chi connectivity index (χ1) is 28.8. The number of fused-ring (bicyclic) bond motifs is 15. The molecular weight excluding hydrogens is 721 g/mol. The minimum Gasteiger partial charge on any atom is -0.309 e. The number of para-hydroxylation sites is 4. The highest BCUT2D eigenvalue weighted by Gasteiger charge is 2.51. The molecule has 1 spiro atoms. The zero-order chi connectivity index (χ0) is 38.0. The number of benzene rings is 9. The summed E-state index contributed by atoms with van der Waals surface area (Å²) in [6.45, 7) is 0. The predicted molar refractivity (Wildman–Crippen MR) is 242 cm³/mol. The van der Waals surface area contributed by atoms with Gasteiger partial charge in [0, 0.05) is 42.7 Å². The van der Waals surface area contributed by atoms with Crippen LogP contribution in [0, 0.1) is 0 Å². The van der Waals surface area contributed by atoms with Crippen LogP contribution in [0.1, 0.15) is 22.3 Å². The van der Waals surface area contributed by atoms with Gasteiger partial charge in [0.05, 0.1) is 27.5 Å². The van der Waals surface area contributed by atoms with Crippen molar-refractivity contribution in [2.45, 2.75) is 15.2 Å². The van der Waals surface area contributed by atoms with Gasteiger partial charge in [0.15, 0.2) is 0 Å². The van der Waals surface area contributed by atoms with Crippen LogP contribution in [0.4, 0.5) is 0 Å². The summed E-state index contributed by atoms with van der Waals surface area (Å²) in [7, 11) is 0. The quantitative estimate of drug-likeness (QED) is 0.175. The molecule has 2 nitrogen and oxygen atoms in total. The van der Waals surface area contributed by atoms with Crippen LogP contribution in [0.2, 0.25) is 0 Å². The van der Waals surface area contributed by atoms with Crippen LogP contribution in [0.15, 0.2) is 216 Å². The van der Waals surface area contributed by atoms with Gasteiger partial charge in [-0.05, 0) is 99.1 Å². The highest BCUT2D eigenvalue weighted by molar-refractivity contribution is 7.99. The third kappa shape index (κ3) is 4.18. The summed E-state index contributed by atoms with van der Waals surface area (Å²) < 4.78 is 4.95. The molecule has 1 aliphatic heterocycles. The van der Waals surface area contributed by atoms with Crippen LogP contribution >= 0.6 is 11.8 Å². The first-order valence-corrected chi connectivity index (χ1v) is 20.8. The van der Waals surface area contributed by atoms with E-state index in [-0.39, 0.29) is 0 Å². The second-order valence-corrected chi connectivity index (χ2v) is 16.7. The fourth-order valence-electron chi connectivity index (χ4n) is 10.6. The molecule has 0 radical (unpaired) electrons. The molecular formula is C55H34N2S. The van der Waals surface area contributed by atoms with Crippen LogP contribution < -0.4 is 0 Å². The Balaban J connectivity index is 1.19. The largest absolute Gasteiger partial charge is 0.309 e. The second-order valence-electron chi connectivity index (χ2n) is 15.6. The van der Waals surface area contributed by atoms with Crippen LogP contribution in [-0.2, 0) is 5.41 Å². The lowest BCUT2D eigenvalue weighted by Crippen LogP contribution is -2.32. The molecule has 0 N–H and O–H groups in total. The lowest BCUT2D eigenvalue weighted by atomic mass is 9.65. The molecule has 0 fully saturated rings. The van der Waals surface area contributed by atoms with E-state index in [1.165, 1.54) is 97.9 Å². The van der Waals surface area contributed by atoms with E-state index in [1.54, 1.807) is 0 Å². The third-order valence-corrected chi connectivity index (χ3v) is 13.9. The fraction of sp³-hybridized carbons (Fsp3) is 0.0182. The van der Waals surface area contributed by atoms with Gasteiger partial charge in [0.1, 0.15) is 0 Å². The molecule has 9 aromatic carbocycles. The van der Waals surface area contributed by atoms with Crippen molar-refractivity contribution in [3.05, 3.63) is 229 Å². The number of hydrogen-bond donors (Lipinski definition) is 0. The molecule has 0 amide bonds. The van der Waals surface area contributed by atoms with Gasteiger partial charge in [-0.2, -0.15) is 0 Å². The Kier molecular flexibility index (Phi) is 6.62. The van der Waals surface area contributed by atoms with E-state index in [1.807, 2.05) is 11.8 Å². The summed E-state index contributed by atoms with van der Waals surface area (Å²) in [4.78, 5) is 2.62. The third-order valence-electron chi connectivity index (χ3n) is 12.8. The molecule has 0 unspecified atom stereocenters. The molecule has 3 heteroatoms. The van der Waals surface area contributed by atoms with E-state index in [2.05, 4.69) is 215 Å². The van der Waals surface area contributed by atoms with Crippen molar-refractivity contribution < 1.29 is 0 Å². The summed E-state index contributed by atoms with van der Waals surface area (Å²) in [6, 6.07) is 77.0. The average Bonchev–Trinajstić information content (AvgIpc) is 3.91. The van der Waals surface area contributed by atoms with E-state index in [0.717, 1.165) is 11.4 Å². The minimum absolute atomic E-state index is 0.503. The van der Waals surface area contributed by atoms with E-state index in [0.29, 0.717) is 0 Å². The zero-order valence-corrected chi connectivity index (χ0v) is 32.2. The maximum Gasteiger partial charge on any atom is 0.0741 e. The molecule has 0 atom stereocenters. The summed E-state index contributed by atoms with van der Waals surface area (Å²) in [5.41, 5.74) is 17.0. The van der Waals surface area contributed by atoms with Crippen molar-refractivity contribution in [2.75, 3.05) is 0 Å². The SMILES string of the molecule is c1ccc2c(c1)Sc1ccccc1C21c2ccccc2-c2cccc(-c3cc(-n4c5ccccc5c5ccccc54)cc(-n4c5ccccc5c5ccccc54)c3)c21. The summed E-state index contributed by atoms with van der Waals surface area (Å²) in [5, 5.41) is 5.02. The molecule has 0 saturated carbocycles. The lowest BCUT2D eigenvalue weighted by molar-refractivity contribution is 0.724. The molecule has 13 rings (SSSR count). The highest BCUT2D eigenvalue weighted by atomic mass is 32.2. The van der Waals surface area contributed by atoms with Crippen molar-refractivity contribution in [2.24, 2.45) is 0 Å². The van der Waals surface area contributed by atoms with E-state index in [4.69, 9.17) is 0 Å². The van der Waals surface area contributed by atoms with Crippen molar-refractivity contribution in [1.82, 2.24) is 9.13 Å². The lowest BCUT2D eigenvalue weighted by Gasteiger charge is -2.40. The van der Waals surface area contributed by atoms with E-state index in [9.17, 15) is 0 Å². The van der Waals surface area contributed by atoms with Gasteiger partial charge in [0.2, 0.25) is 0 Å². The molecule has 2 aliphatic rings. The van der Waals surface area contributed by atoms with Gasteiger partial charge in [0.25, 0.3) is 0 Å². The fourth-order valence-corrected chi connectivity index (χ4v) is 11.8. The van der Waals surface area contributed by atoms with Gasteiger partial charge < -0.3 is 9.13 Å². The van der Waals surface area contributed by atoms with Gasteiger partial charge in [-0.15, -0.1) is 0 Å². The Labute approximate surface area is 340 Å². The maximum atomic E-state index is 2.47. The summed E-state index contributed by atoms with van der Waals surface area (Å²) in [6.07, 6.45) is 0. The predicted octanol–water partition coefficient (Wildman–Crippen LogP) is 14.4. The monoisotopic (exact) mass is 754 g/mol. The van der Waals surface area contributed by atoms with E-state index >= 15 is 0 Å². The van der Waals surface area contributed by atoms with Crippen LogP contribution in [0.3, 0.4) is 0 Å². The van der Waals surface area contributed by atoms with Gasteiger partial charge >= 0.3 is 0 Å². The first kappa shape index (κ1) is 32.1. The van der Waals surface area contributed by atoms with Crippen molar-refractivity contribution in [3.8, 4) is 33.6 Å². The Morgan fingerprint density at radius 3 is 1.24 bits per heavy atom. The normalized spacial score (nSPS) is 13.6. The zero-order valence-electron chi connectivity index (χ0n) is 31.4. The van der Waals surface area contributed by atoms with Crippen LogP contribution in [0.5, 0.6) is 0 Å². The second kappa shape index (κ2) is 12.0. The molecule has 1 aliphatic carbocycles. The molecule has 2 aromatic heterocycles. The van der Waals surface area contributed by atoms with Crippen LogP contribution in [0.25, 0.3) is 77.2 Å². The van der Waals surface area contributed by atoms with Crippen molar-refractivity contribution in [1.29, 1.82) is 0 Å². The summed E-state index contributed by atoms with van der Waals surface area (Å²) in [5.74, 6) is 0. The molecule has 11 aromatic rings. The number of rotatable bonds is 3. The Morgan fingerprint density at radius 2 is 0.724 bits per heavy atom. The van der Waals surface area contributed by atoms with Crippen molar-refractivity contribution >= 4 is 55.4 Å². The first-order valence-electron chi connectivity index (χ1n) is 20.0. The van der Waals surface area contributed by atoms with E-state index < -0.39 is 5.41 Å². The number of nitrogens with zero attached hydrogens (tertiary/aromatic N) is 2.